The molecule has 1 aliphatic heterocycles. The molecular weight excluding hydrogens is 400 g/mol. The zero-order valence-electron chi connectivity index (χ0n) is 17.1. The Morgan fingerprint density at radius 2 is 2.13 bits per heavy atom. The molecule has 1 aromatic heterocycles. The number of benzene rings is 1. The fourth-order valence-electron chi connectivity index (χ4n) is 3.58. The average Bonchev–Trinajstić information content (AvgIpc) is 2.74. The minimum absolute atomic E-state index is 0.126. The molecule has 1 aromatic carbocycles. The minimum Gasteiger partial charge on any atom is -0.335 e. The van der Waals surface area contributed by atoms with E-state index in [9.17, 15) is 9.59 Å². The third-order valence-electron chi connectivity index (χ3n) is 5.06. The first kappa shape index (κ1) is 21.9. The van der Waals surface area contributed by atoms with Crippen molar-refractivity contribution < 1.29 is 4.79 Å². The van der Waals surface area contributed by atoms with Gasteiger partial charge in [0.25, 0.3) is 0 Å². The van der Waals surface area contributed by atoms with Crippen LogP contribution in [0.4, 0.5) is 4.79 Å². The molecule has 1 fully saturated rings. The van der Waals surface area contributed by atoms with Crippen LogP contribution in [0.2, 0.25) is 5.02 Å². The van der Waals surface area contributed by atoms with Gasteiger partial charge in [-0.1, -0.05) is 30.3 Å². The number of carbonyl (C=O) groups excluding carboxylic acids is 1. The summed E-state index contributed by atoms with van der Waals surface area (Å²) in [6, 6.07) is 5.07. The zero-order chi connectivity index (χ0) is 21.5. The normalized spacial score (nSPS) is 15.5. The quantitative estimate of drug-likeness (QED) is 0.615. The third-order valence-corrected chi connectivity index (χ3v) is 5.29. The van der Waals surface area contributed by atoms with Crippen molar-refractivity contribution in [1.82, 2.24) is 20.5 Å². The summed E-state index contributed by atoms with van der Waals surface area (Å²) < 4.78 is 1.89. The lowest BCUT2D eigenvalue weighted by Gasteiger charge is -2.23. The lowest BCUT2D eigenvalue weighted by atomic mass is 10.1. The van der Waals surface area contributed by atoms with Gasteiger partial charge in [-0.3, -0.25) is 4.79 Å². The molecule has 158 valence electrons. The highest BCUT2D eigenvalue weighted by atomic mass is 35.5. The van der Waals surface area contributed by atoms with E-state index in [0.717, 1.165) is 31.6 Å². The van der Waals surface area contributed by atoms with Crippen molar-refractivity contribution in [3.8, 4) is 0 Å². The minimum atomic E-state index is -0.264. The van der Waals surface area contributed by atoms with Gasteiger partial charge in [0.05, 0.1) is 5.52 Å². The molecule has 2 aromatic rings. The van der Waals surface area contributed by atoms with E-state index in [-0.39, 0.29) is 24.0 Å². The highest BCUT2D eigenvalue weighted by Crippen LogP contribution is 2.22. The molecular formula is C23H27ClN4O2. The monoisotopic (exact) mass is 426 g/mol. The standard InChI is InChI=1S/C23H27ClN4O2/c1-3-5-19(6-4-2)28-15-16(22(29)20-8-7-17(24)13-21(20)28)14-26-23(30)27-18-9-11-25-12-10-18/h3-8,13,15,18,25H,1,9-12,14H2,2H3,(H2,26,27,30)/b6-4-,19-5+. The lowest BCUT2D eigenvalue weighted by molar-refractivity contribution is 0.233. The predicted octanol–water partition coefficient (Wildman–Crippen LogP) is 3.81. The van der Waals surface area contributed by atoms with Crippen molar-refractivity contribution >= 4 is 34.2 Å². The number of halogens is 1. The lowest BCUT2D eigenvalue weighted by Crippen LogP contribution is -2.46. The number of aromatic nitrogens is 1. The van der Waals surface area contributed by atoms with Crippen molar-refractivity contribution in [2.24, 2.45) is 0 Å². The number of hydrogen-bond donors (Lipinski definition) is 3. The molecule has 0 radical (unpaired) electrons. The number of fused-ring (bicyclic) bond motifs is 1. The maximum Gasteiger partial charge on any atom is 0.315 e. The molecule has 0 bridgehead atoms. The Kier molecular flexibility index (Phi) is 7.49. The maximum atomic E-state index is 13.0. The second-order valence-electron chi connectivity index (χ2n) is 7.19. The van der Waals surface area contributed by atoms with Crippen molar-refractivity contribution in [3.63, 3.8) is 0 Å². The van der Waals surface area contributed by atoms with Crippen LogP contribution < -0.4 is 21.4 Å². The van der Waals surface area contributed by atoms with E-state index in [2.05, 4.69) is 22.5 Å². The Balaban J connectivity index is 1.92. The smallest absolute Gasteiger partial charge is 0.315 e. The number of nitrogens with zero attached hydrogens (tertiary/aromatic N) is 1. The van der Waals surface area contributed by atoms with Crippen LogP contribution >= 0.6 is 11.6 Å². The summed E-state index contributed by atoms with van der Waals surface area (Å²) in [5, 5.41) is 10.2. The number of urea groups is 1. The summed E-state index contributed by atoms with van der Waals surface area (Å²) in [5.74, 6) is 0. The van der Waals surface area contributed by atoms with Crippen LogP contribution in [0.25, 0.3) is 16.6 Å². The van der Waals surface area contributed by atoms with Gasteiger partial charge in [-0.15, -0.1) is 0 Å². The number of amides is 2. The molecule has 0 saturated carbocycles. The molecule has 1 aliphatic rings. The summed E-state index contributed by atoms with van der Waals surface area (Å²) in [7, 11) is 0. The number of hydrogen-bond acceptors (Lipinski definition) is 3. The van der Waals surface area contributed by atoms with Crippen LogP contribution in [0, 0.1) is 0 Å². The molecule has 3 N–H and O–H groups in total. The van der Waals surface area contributed by atoms with Crippen molar-refractivity contribution in [2.75, 3.05) is 13.1 Å². The Labute approximate surface area is 181 Å². The number of pyridine rings is 1. The van der Waals surface area contributed by atoms with E-state index in [0.29, 0.717) is 21.5 Å². The number of carbonyl (C=O) groups is 1. The maximum absolute atomic E-state index is 13.0. The Morgan fingerprint density at radius 3 is 2.83 bits per heavy atom. The summed E-state index contributed by atoms with van der Waals surface area (Å²) in [5.41, 5.74) is 1.89. The molecule has 30 heavy (non-hydrogen) atoms. The molecule has 0 unspecified atom stereocenters. The van der Waals surface area contributed by atoms with E-state index in [4.69, 9.17) is 11.6 Å². The first-order valence-electron chi connectivity index (χ1n) is 10.1. The van der Waals surface area contributed by atoms with Crippen LogP contribution in [0.5, 0.6) is 0 Å². The van der Waals surface area contributed by atoms with Crippen LogP contribution in [0.3, 0.4) is 0 Å². The van der Waals surface area contributed by atoms with Crippen molar-refractivity contribution in [3.05, 3.63) is 76.1 Å². The first-order chi connectivity index (χ1) is 14.5. The van der Waals surface area contributed by atoms with Crippen LogP contribution in [0.1, 0.15) is 25.3 Å². The van der Waals surface area contributed by atoms with Gasteiger partial charge < -0.3 is 20.5 Å². The largest absolute Gasteiger partial charge is 0.335 e. The fourth-order valence-corrected chi connectivity index (χ4v) is 3.74. The van der Waals surface area contributed by atoms with Crippen LogP contribution in [-0.2, 0) is 6.54 Å². The summed E-state index contributed by atoms with van der Waals surface area (Å²) in [4.78, 5) is 25.4. The molecule has 0 aliphatic carbocycles. The molecule has 6 nitrogen and oxygen atoms in total. The highest BCUT2D eigenvalue weighted by Gasteiger charge is 2.16. The molecule has 2 amide bonds. The molecule has 0 spiro atoms. The Hall–Kier alpha value is -2.83. The van der Waals surface area contributed by atoms with Crippen LogP contribution in [-0.4, -0.2) is 29.7 Å². The van der Waals surface area contributed by atoms with Crippen molar-refractivity contribution in [2.45, 2.75) is 32.4 Å². The Morgan fingerprint density at radius 1 is 1.37 bits per heavy atom. The molecule has 2 heterocycles. The number of allylic oxidation sites excluding steroid dienone is 5. The number of nitrogens with one attached hydrogen (secondary N) is 3. The van der Waals surface area contributed by atoms with Gasteiger partial charge in [0.15, 0.2) is 5.43 Å². The predicted molar refractivity (Wildman–Crippen MR) is 124 cm³/mol. The van der Waals surface area contributed by atoms with E-state index in [1.165, 1.54) is 0 Å². The number of piperidine rings is 1. The molecule has 1 saturated heterocycles. The van der Waals surface area contributed by atoms with Gasteiger partial charge in [0.2, 0.25) is 0 Å². The van der Waals surface area contributed by atoms with Gasteiger partial charge in [-0.25, -0.2) is 4.79 Å². The SMILES string of the molecule is C=C/C=C(\C=C/C)n1cc(CNC(=O)NC2CCNCC2)c(=O)c2ccc(Cl)cc21. The summed E-state index contributed by atoms with van der Waals surface area (Å²) >= 11 is 6.19. The first-order valence-corrected chi connectivity index (χ1v) is 10.5. The topological polar surface area (TPSA) is 75.2 Å². The summed E-state index contributed by atoms with van der Waals surface area (Å²) in [6.07, 6.45) is 10.9. The molecule has 3 rings (SSSR count). The third kappa shape index (κ3) is 5.20. The van der Waals surface area contributed by atoms with Gasteiger partial charge >= 0.3 is 6.03 Å². The second kappa shape index (κ2) is 10.3. The average molecular weight is 427 g/mol. The van der Waals surface area contributed by atoms with Gasteiger partial charge in [-0.2, -0.15) is 0 Å². The van der Waals surface area contributed by atoms with E-state index in [1.807, 2.05) is 29.7 Å². The van der Waals surface area contributed by atoms with E-state index < -0.39 is 0 Å². The molecule has 0 atom stereocenters. The zero-order valence-corrected chi connectivity index (χ0v) is 17.8. The summed E-state index contributed by atoms with van der Waals surface area (Å²) in [6.45, 7) is 7.62. The fraction of sp³-hybridized carbons (Fsp3) is 0.304. The number of rotatable bonds is 6. The molecule has 7 heteroatoms. The van der Waals surface area contributed by atoms with E-state index >= 15 is 0 Å². The van der Waals surface area contributed by atoms with Crippen molar-refractivity contribution in [1.29, 1.82) is 0 Å². The van der Waals surface area contributed by atoms with Gasteiger partial charge in [0, 0.05) is 40.5 Å². The van der Waals surface area contributed by atoms with Crippen LogP contribution in [0.15, 0.2) is 60.1 Å². The van der Waals surface area contributed by atoms with Gasteiger partial charge in [-0.05, 0) is 63.2 Å². The van der Waals surface area contributed by atoms with Gasteiger partial charge in [0.1, 0.15) is 0 Å². The Bertz CT molecular complexity index is 1050. The highest BCUT2D eigenvalue weighted by molar-refractivity contribution is 6.31. The van der Waals surface area contributed by atoms with E-state index in [1.54, 1.807) is 30.5 Å². The second-order valence-corrected chi connectivity index (χ2v) is 7.63.